The molecule has 1 aromatic rings. The first-order valence-electron chi connectivity index (χ1n) is 9.17. The van der Waals surface area contributed by atoms with Crippen LogP contribution in [-0.2, 0) is 9.59 Å². The van der Waals surface area contributed by atoms with Crippen molar-refractivity contribution in [3.05, 3.63) is 33.8 Å². The number of carbonyl (C=O) groups is 3. The molecule has 0 aliphatic carbocycles. The Labute approximate surface area is 168 Å². The Morgan fingerprint density at radius 3 is 2.70 bits per heavy atom. The zero-order valence-electron chi connectivity index (χ0n) is 15.3. The van der Waals surface area contributed by atoms with Crippen molar-refractivity contribution in [3.8, 4) is 0 Å². The molecule has 3 rings (SSSR count). The molecule has 8 heteroatoms. The first-order chi connectivity index (χ1) is 12.9. The van der Waals surface area contributed by atoms with Crippen LogP contribution in [0.2, 0.25) is 10.0 Å². The Kier molecular flexibility index (Phi) is 5.96. The van der Waals surface area contributed by atoms with Crippen LogP contribution in [0.5, 0.6) is 0 Å². The van der Waals surface area contributed by atoms with Gasteiger partial charge in [0.05, 0.1) is 22.5 Å². The first kappa shape index (κ1) is 20.0. The average molecular weight is 412 g/mol. The fraction of sp³-hybridized carbons (Fsp3) is 0.526. The van der Waals surface area contributed by atoms with Gasteiger partial charge in [-0.1, -0.05) is 30.1 Å². The number of hydrogen-bond acceptors (Lipinski definition) is 3. The van der Waals surface area contributed by atoms with Crippen molar-refractivity contribution in [1.29, 1.82) is 0 Å². The molecule has 3 amide bonds. The molecule has 0 aromatic heterocycles. The van der Waals surface area contributed by atoms with Gasteiger partial charge in [-0.2, -0.15) is 0 Å². The largest absolute Gasteiger partial charge is 0.343 e. The van der Waals surface area contributed by atoms with Gasteiger partial charge in [-0.05, 0) is 37.5 Å². The molecule has 1 atom stereocenters. The topological polar surface area (TPSA) is 69.7 Å². The maximum absolute atomic E-state index is 12.7. The summed E-state index contributed by atoms with van der Waals surface area (Å²) >= 11 is 11.9. The minimum atomic E-state index is -0.448. The lowest BCUT2D eigenvalue weighted by atomic mass is 9.85. The molecule has 2 saturated heterocycles. The lowest BCUT2D eigenvalue weighted by Gasteiger charge is -2.23. The maximum atomic E-state index is 12.7. The van der Waals surface area contributed by atoms with Crippen LogP contribution in [0, 0.1) is 5.41 Å². The molecule has 0 bridgehead atoms. The summed E-state index contributed by atoms with van der Waals surface area (Å²) in [5.74, 6) is -0.481. The molecule has 0 saturated carbocycles. The Bertz CT molecular complexity index is 771. The SMILES string of the molecule is CCCN1CCC2(CCN(C(=O)CNC(=O)c3cc(Cl)ccc3Cl)C2)C1=O. The van der Waals surface area contributed by atoms with Crippen molar-refractivity contribution in [3.63, 3.8) is 0 Å². The maximum Gasteiger partial charge on any atom is 0.253 e. The van der Waals surface area contributed by atoms with Crippen LogP contribution in [-0.4, -0.2) is 60.2 Å². The molecule has 1 N–H and O–H groups in total. The Hall–Kier alpha value is -1.79. The lowest BCUT2D eigenvalue weighted by Crippen LogP contribution is -2.42. The van der Waals surface area contributed by atoms with Crippen molar-refractivity contribution in [1.82, 2.24) is 15.1 Å². The fourth-order valence-electron chi connectivity index (χ4n) is 3.87. The number of carbonyl (C=O) groups excluding carboxylic acids is 3. The van der Waals surface area contributed by atoms with Crippen LogP contribution in [0.4, 0.5) is 0 Å². The summed E-state index contributed by atoms with van der Waals surface area (Å²) in [6.07, 6.45) is 2.41. The molecule has 1 unspecified atom stereocenters. The summed E-state index contributed by atoms with van der Waals surface area (Å²) in [5.41, 5.74) is -0.207. The van der Waals surface area contributed by atoms with Crippen LogP contribution >= 0.6 is 23.2 Å². The minimum Gasteiger partial charge on any atom is -0.343 e. The molecule has 2 heterocycles. The van der Waals surface area contributed by atoms with E-state index in [0.29, 0.717) is 24.5 Å². The lowest BCUT2D eigenvalue weighted by molar-refractivity contribution is -0.136. The molecule has 2 aliphatic rings. The second kappa shape index (κ2) is 8.07. The van der Waals surface area contributed by atoms with Gasteiger partial charge in [-0.15, -0.1) is 0 Å². The second-order valence-corrected chi connectivity index (χ2v) is 8.04. The highest BCUT2D eigenvalue weighted by molar-refractivity contribution is 6.35. The van der Waals surface area contributed by atoms with E-state index in [1.54, 1.807) is 17.0 Å². The normalized spacial score (nSPS) is 22.0. The number of hydrogen-bond donors (Lipinski definition) is 1. The monoisotopic (exact) mass is 411 g/mol. The standard InChI is InChI=1S/C19H23Cl2N3O3/c1-2-7-23-8-5-19(18(23)27)6-9-24(12-19)16(25)11-22-17(26)14-10-13(20)3-4-15(14)21/h3-4,10H,2,5-9,11-12H2,1H3,(H,22,26). The van der Waals surface area contributed by atoms with Crippen LogP contribution in [0.15, 0.2) is 18.2 Å². The van der Waals surface area contributed by atoms with Gasteiger partial charge in [0.15, 0.2) is 0 Å². The van der Waals surface area contributed by atoms with Gasteiger partial charge in [0, 0.05) is 31.2 Å². The van der Waals surface area contributed by atoms with E-state index >= 15 is 0 Å². The van der Waals surface area contributed by atoms with E-state index in [1.807, 2.05) is 4.90 Å². The summed E-state index contributed by atoms with van der Waals surface area (Å²) < 4.78 is 0. The molecular formula is C19H23Cl2N3O3. The summed E-state index contributed by atoms with van der Waals surface area (Å²) in [6, 6.07) is 4.60. The molecule has 2 fully saturated rings. The molecule has 146 valence electrons. The van der Waals surface area contributed by atoms with Gasteiger partial charge in [0.2, 0.25) is 11.8 Å². The average Bonchev–Trinajstić information content (AvgIpc) is 3.22. The molecular weight excluding hydrogens is 389 g/mol. The third kappa shape index (κ3) is 4.06. The molecule has 2 aliphatic heterocycles. The van der Waals surface area contributed by atoms with Crippen LogP contribution in [0.25, 0.3) is 0 Å². The van der Waals surface area contributed by atoms with Crippen molar-refractivity contribution < 1.29 is 14.4 Å². The fourth-order valence-corrected chi connectivity index (χ4v) is 4.25. The molecule has 6 nitrogen and oxygen atoms in total. The van der Waals surface area contributed by atoms with E-state index in [4.69, 9.17) is 23.2 Å². The Balaban J connectivity index is 1.56. The minimum absolute atomic E-state index is 0.134. The van der Waals surface area contributed by atoms with E-state index in [9.17, 15) is 14.4 Å². The number of halogens is 2. The predicted molar refractivity (Wildman–Crippen MR) is 104 cm³/mol. The van der Waals surface area contributed by atoms with E-state index in [-0.39, 0.29) is 28.9 Å². The van der Waals surface area contributed by atoms with E-state index in [2.05, 4.69) is 12.2 Å². The zero-order valence-corrected chi connectivity index (χ0v) is 16.8. The van der Waals surface area contributed by atoms with Crippen molar-refractivity contribution in [2.45, 2.75) is 26.2 Å². The van der Waals surface area contributed by atoms with E-state index in [0.717, 1.165) is 25.9 Å². The van der Waals surface area contributed by atoms with Gasteiger partial charge >= 0.3 is 0 Å². The van der Waals surface area contributed by atoms with Crippen LogP contribution in [0.1, 0.15) is 36.5 Å². The van der Waals surface area contributed by atoms with Gasteiger partial charge in [0.25, 0.3) is 5.91 Å². The second-order valence-electron chi connectivity index (χ2n) is 7.19. The van der Waals surface area contributed by atoms with Crippen LogP contribution < -0.4 is 5.32 Å². The van der Waals surface area contributed by atoms with Gasteiger partial charge in [0.1, 0.15) is 0 Å². The number of rotatable bonds is 5. The predicted octanol–water partition coefficient (Wildman–Crippen LogP) is 2.58. The quantitative estimate of drug-likeness (QED) is 0.809. The smallest absolute Gasteiger partial charge is 0.253 e. The highest BCUT2D eigenvalue weighted by Gasteiger charge is 2.51. The van der Waals surface area contributed by atoms with Gasteiger partial charge < -0.3 is 15.1 Å². The molecule has 27 heavy (non-hydrogen) atoms. The third-order valence-electron chi connectivity index (χ3n) is 5.37. The third-order valence-corrected chi connectivity index (χ3v) is 5.94. The first-order valence-corrected chi connectivity index (χ1v) is 9.92. The van der Waals surface area contributed by atoms with Crippen molar-refractivity contribution >= 4 is 40.9 Å². The highest BCUT2D eigenvalue weighted by atomic mass is 35.5. The summed E-state index contributed by atoms with van der Waals surface area (Å²) in [4.78, 5) is 41.1. The number of amides is 3. The van der Waals surface area contributed by atoms with E-state index in [1.165, 1.54) is 6.07 Å². The van der Waals surface area contributed by atoms with Crippen molar-refractivity contribution in [2.24, 2.45) is 5.41 Å². The van der Waals surface area contributed by atoms with Crippen LogP contribution in [0.3, 0.4) is 0 Å². The molecule has 0 radical (unpaired) electrons. The number of nitrogens with one attached hydrogen (secondary N) is 1. The highest BCUT2D eigenvalue weighted by Crippen LogP contribution is 2.40. The Morgan fingerprint density at radius 1 is 1.22 bits per heavy atom. The molecule has 1 spiro atoms. The van der Waals surface area contributed by atoms with Gasteiger partial charge in [-0.3, -0.25) is 14.4 Å². The van der Waals surface area contributed by atoms with E-state index < -0.39 is 11.3 Å². The summed E-state index contributed by atoms with van der Waals surface area (Å²) in [6.45, 7) is 4.42. The number of nitrogens with zero attached hydrogens (tertiary/aromatic N) is 2. The van der Waals surface area contributed by atoms with Gasteiger partial charge in [-0.25, -0.2) is 0 Å². The zero-order chi connectivity index (χ0) is 19.6. The number of likely N-dealkylation sites (tertiary alicyclic amines) is 2. The van der Waals surface area contributed by atoms with Crippen molar-refractivity contribution in [2.75, 3.05) is 32.7 Å². The summed E-state index contributed by atoms with van der Waals surface area (Å²) in [5, 5.41) is 3.27. The number of benzene rings is 1. The summed E-state index contributed by atoms with van der Waals surface area (Å²) in [7, 11) is 0. The Morgan fingerprint density at radius 2 is 1.96 bits per heavy atom. The molecule has 1 aromatic carbocycles.